The van der Waals surface area contributed by atoms with Crippen LogP contribution in [0.3, 0.4) is 0 Å². The molecule has 5 nitrogen and oxygen atoms in total. The van der Waals surface area contributed by atoms with Gasteiger partial charge in [0.15, 0.2) is 0 Å². The van der Waals surface area contributed by atoms with E-state index >= 15 is 0 Å². The number of hydrogen-bond acceptors (Lipinski definition) is 3. The third-order valence-corrected chi connectivity index (χ3v) is 4.80. The molecule has 2 aliphatic rings. The third-order valence-electron chi connectivity index (χ3n) is 4.80. The van der Waals surface area contributed by atoms with Crippen LogP contribution in [0.4, 0.5) is 0 Å². The Labute approximate surface area is 120 Å². The number of piperidine rings is 1. The molecule has 1 aliphatic heterocycles. The van der Waals surface area contributed by atoms with Crippen molar-refractivity contribution >= 4 is 11.9 Å². The largest absolute Gasteiger partial charge is 0.480 e. The fourth-order valence-electron chi connectivity index (χ4n) is 3.45. The lowest BCUT2D eigenvalue weighted by Gasteiger charge is -2.36. The van der Waals surface area contributed by atoms with Crippen LogP contribution in [0.5, 0.6) is 0 Å². The Balaban J connectivity index is 2.07. The third kappa shape index (κ3) is 3.32. The number of likely N-dealkylation sites (N-methyl/N-ethyl adjacent to an activating group) is 1. The first-order chi connectivity index (χ1) is 9.55. The van der Waals surface area contributed by atoms with Gasteiger partial charge < -0.3 is 10.4 Å². The molecular weight excluding hydrogens is 256 g/mol. The molecule has 2 rings (SSSR count). The van der Waals surface area contributed by atoms with Crippen molar-refractivity contribution in [3.05, 3.63) is 0 Å². The molecule has 1 aliphatic carbocycles. The molecule has 1 saturated heterocycles. The predicted octanol–water partition coefficient (Wildman–Crippen LogP) is 1.76. The molecule has 2 N–H and O–H groups in total. The van der Waals surface area contributed by atoms with E-state index in [0.29, 0.717) is 12.8 Å². The normalized spacial score (nSPS) is 27.6. The number of amides is 1. The van der Waals surface area contributed by atoms with Gasteiger partial charge in [0.2, 0.25) is 5.91 Å². The Morgan fingerprint density at radius 3 is 2.30 bits per heavy atom. The lowest BCUT2D eigenvalue weighted by atomic mass is 9.89. The monoisotopic (exact) mass is 282 g/mol. The zero-order chi connectivity index (χ0) is 14.6. The highest BCUT2D eigenvalue weighted by Crippen LogP contribution is 2.28. The first-order valence-corrected chi connectivity index (χ1v) is 7.81. The summed E-state index contributed by atoms with van der Waals surface area (Å²) in [5.41, 5.74) is -1.04. The first kappa shape index (κ1) is 15.3. The molecule has 0 unspecified atom stereocenters. The van der Waals surface area contributed by atoms with E-state index in [1.165, 1.54) is 0 Å². The second-order valence-corrected chi connectivity index (χ2v) is 6.28. The van der Waals surface area contributed by atoms with E-state index < -0.39 is 11.5 Å². The van der Waals surface area contributed by atoms with Gasteiger partial charge in [-0.2, -0.15) is 0 Å². The molecule has 114 valence electrons. The van der Waals surface area contributed by atoms with E-state index in [4.69, 9.17) is 0 Å². The van der Waals surface area contributed by atoms with E-state index in [9.17, 15) is 14.7 Å². The van der Waals surface area contributed by atoms with Crippen molar-refractivity contribution in [2.45, 2.75) is 69.4 Å². The highest BCUT2D eigenvalue weighted by molar-refractivity contribution is 5.89. The van der Waals surface area contributed by atoms with Crippen molar-refractivity contribution in [3.8, 4) is 0 Å². The summed E-state index contributed by atoms with van der Waals surface area (Å²) in [6.45, 7) is 0.915. The first-order valence-electron chi connectivity index (χ1n) is 7.81. The van der Waals surface area contributed by atoms with Crippen LogP contribution in [0.1, 0.15) is 57.8 Å². The van der Waals surface area contributed by atoms with Crippen LogP contribution in [0, 0.1) is 0 Å². The maximum Gasteiger partial charge on any atom is 0.329 e. The Kier molecular flexibility index (Phi) is 5.02. The van der Waals surface area contributed by atoms with Gasteiger partial charge in [0, 0.05) is 0 Å². The van der Waals surface area contributed by atoms with E-state index in [1.807, 2.05) is 11.9 Å². The quantitative estimate of drug-likeness (QED) is 0.774. The molecule has 1 heterocycles. The van der Waals surface area contributed by atoms with Gasteiger partial charge in [-0.3, -0.25) is 9.69 Å². The summed E-state index contributed by atoms with van der Waals surface area (Å²) in [6, 6.07) is -0.164. The molecule has 1 amide bonds. The molecule has 1 saturated carbocycles. The minimum Gasteiger partial charge on any atom is -0.480 e. The van der Waals surface area contributed by atoms with E-state index in [1.54, 1.807) is 0 Å². The van der Waals surface area contributed by atoms with Crippen LogP contribution in [-0.4, -0.2) is 47.1 Å². The maximum absolute atomic E-state index is 12.5. The predicted molar refractivity (Wildman–Crippen MR) is 76.5 cm³/mol. The van der Waals surface area contributed by atoms with Crippen molar-refractivity contribution in [3.63, 3.8) is 0 Å². The molecular formula is C15H26N2O3. The maximum atomic E-state index is 12.5. The van der Waals surface area contributed by atoms with Gasteiger partial charge in [-0.15, -0.1) is 0 Å². The number of carboxylic acid groups (broad SMARTS) is 1. The van der Waals surface area contributed by atoms with Gasteiger partial charge >= 0.3 is 5.97 Å². The number of rotatable bonds is 3. The second kappa shape index (κ2) is 6.57. The van der Waals surface area contributed by atoms with E-state index in [-0.39, 0.29) is 11.9 Å². The molecule has 1 atom stereocenters. The van der Waals surface area contributed by atoms with Gasteiger partial charge in [0.1, 0.15) is 5.54 Å². The van der Waals surface area contributed by atoms with Crippen LogP contribution in [0.25, 0.3) is 0 Å². The number of hydrogen-bond donors (Lipinski definition) is 2. The molecule has 0 bridgehead atoms. The number of nitrogens with one attached hydrogen (secondary N) is 1. The number of aliphatic carboxylic acids is 1. The van der Waals surface area contributed by atoms with Crippen molar-refractivity contribution in [1.29, 1.82) is 0 Å². The lowest BCUT2D eigenvalue weighted by molar-refractivity contribution is -0.149. The fraction of sp³-hybridized carbons (Fsp3) is 0.867. The molecule has 5 heteroatoms. The topological polar surface area (TPSA) is 69.6 Å². The zero-order valence-electron chi connectivity index (χ0n) is 12.4. The van der Waals surface area contributed by atoms with Crippen LogP contribution >= 0.6 is 0 Å². The molecule has 20 heavy (non-hydrogen) atoms. The van der Waals surface area contributed by atoms with E-state index in [0.717, 1.165) is 51.5 Å². The molecule has 0 spiro atoms. The smallest absolute Gasteiger partial charge is 0.329 e. The molecule has 0 aromatic heterocycles. The SMILES string of the molecule is CN1CCCC[C@H]1C(=O)NC1(C(=O)O)CCCCCC1. The minimum absolute atomic E-state index is 0.100. The summed E-state index contributed by atoms with van der Waals surface area (Å²) >= 11 is 0. The van der Waals surface area contributed by atoms with Crippen LogP contribution in [0.2, 0.25) is 0 Å². The van der Waals surface area contributed by atoms with Gasteiger partial charge in [-0.05, 0) is 39.3 Å². The second-order valence-electron chi connectivity index (χ2n) is 6.28. The summed E-state index contributed by atoms with van der Waals surface area (Å²) in [5, 5.41) is 12.5. The Morgan fingerprint density at radius 2 is 1.75 bits per heavy atom. The zero-order valence-corrected chi connectivity index (χ0v) is 12.4. The number of nitrogens with zero attached hydrogens (tertiary/aromatic N) is 1. The van der Waals surface area contributed by atoms with Crippen molar-refractivity contribution in [1.82, 2.24) is 10.2 Å². The van der Waals surface area contributed by atoms with Gasteiger partial charge in [0.25, 0.3) is 0 Å². The van der Waals surface area contributed by atoms with Gasteiger partial charge in [-0.25, -0.2) is 4.79 Å². The molecule has 0 aromatic carbocycles. The lowest BCUT2D eigenvalue weighted by Crippen LogP contribution is -2.59. The number of carbonyl (C=O) groups excluding carboxylic acids is 1. The average Bonchev–Trinajstić information content (AvgIpc) is 2.65. The van der Waals surface area contributed by atoms with E-state index in [2.05, 4.69) is 5.32 Å². The fourth-order valence-corrected chi connectivity index (χ4v) is 3.45. The van der Waals surface area contributed by atoms with Crippen molar-refractivity contribution in [2.24, 2.45) is 0 Å². The van der Waals surface area contributed by atoms with Crippen molar-refractivity contribution < 1.29 is 14.7 Å². The van der Waals surface area contributed by atoms with Gasteiger partial charge in [-0.1, -0.05) is 32.1 Å². The Morgan fingerprint density at radius 1 is 1.10 bits per heavy atom. The summed E-state index contributed by atoms with van der Waals surface area (Å²) in [4.78, 5) is 26.2. The minimum atomic E-state index is -1.04. The standard InChI is InChI=1S/C15H26N2O3/c1-17-11-7-4-8-12(17)13(18)16-15(14(19)20)9-5-2-3-6-10-15/h12H,2-11H2,1H3,(H,16,18)(H,19,20)/t12-/m0/s1. The van der Waals surface area contributed by atoms with Crippen LogP contribution in [-0.2, 0) is 9.59 Å². The van der Waals surface area contributed by atoms with Gasteiger partial charge in [0.05, 0.1) is 6.04 Å². The van der Waals surface area contributed by atoms with Crippen LogP contribution < -0.4 is 5.32 Å². The highest BCUT2D eigenvalue weighted by Gasteiger charge is 2.41. The Bertz CT molecular complexity index is 362. The number of carboxylic acids is 1. The summed E-state index contributed by atoms with van der Waals surface area (Å²) < 4.78 is 0. The van der Waals surface area contributed by atoms with Crippen molar-refractivity contribution in [2.75, 3.05) is 13.6 Å². The Hall–Kier alpha value is -1.10. The number of likely N-dealkylation sites (tertiary alicyclic amines) is 1. The average molecular weight is 282 g/mol. The summed E-state index contributed by atoms with van der Waals surface area (Å²) in [7, 11) is 1.95. The summed E-state index contributed by atoms with van der Waals surface area (Å²) in [6.07, 6.45) is 8.00. The molecule has 0 radical (unpaired) electrons. The molecule has 0 aromatic rings. The highest BCUT2D eigenvalue weighted by atomic mass is 16.4. The molecule has 2 fully saturated rings. The van der Waals surface area contributed by atoms with Crippen LogP contribution in [0.15, 0.2) is 0 Å². The number of carbonyl (C=O) groups is 2. The summed E-state index contributed by atoms with van der Waals surface area (Å²) in [5.74, 6) is -0.970.